The summed E-state index contributed by atoms with van der Waals surface area (Å²) in [5.41, 5.74) is 0.661. The number of nitrogens with one attached hydrogen (secondary N) is 2. The minimum Gasteiger partial charge on any atom is -0.406 e. The van der Waals surface area contributed by atoms with Gasteiger partial charge in [0.25, 0.3) is 0 Å². The highest BCUT2D eigenvalue weighted by Crippen LogP contribution is 2.24. The molecule has 2 N–H and O–H groups in total. The number of imidazole rings is 1. The minimum atomic E-state index is -4.72. The van der Waals surface area contributed by atoms with E-state index in [4.69, 9.17) is 0 Å². The molecular weight excluding hydrogens is 325 g/mol. The van der Waals surface area contributed by atoms with E-state index < -0.39 is 6.36 Å². The molecular formula is C15H17F3N4O2. The number of nitrogens with zero attached hydrogens (tertiary/aromatic N) is 2. The molecule has 0 unspecified atom stereocenters. The second-order valence-electron chi connectivity index (χ2n) is 5.04. The van der Waals surface area contributed by atoms with Crippen molar-refractivity contribution in [1.29, 1.82) is 0 Å². The Kier molecular flexibility index (Phi) is 5.67. The van der Waals surface area contributed by atoms with Crippen molar-refractivity contribution in [3.8, 4) is 5.75 Å². The fourth-order valence-electron chi connectivity index (χ4n) is 2.01. The summed E-state index contributed by atoms with van der Waals surface area (Å²) in [4.78, 5) is 15.7. The van der Waals surface area contributed by atoms with E-state index in [-0.39, 0.29) is 17.8 Å². The number of halogens is 3. The normalized spacial score (nSPS) is 12.5. The zero-order valence-corrected chi connectivity index (χ0v) is 12.9. The van der Waals surface area contributed by atoms with Crippen LogP contribution < -0.4 is 15.4 Å². The fourth-order valence-corrected chi connectivity index (χ4v) is 2.01. The molecule has 2 amide bonds. The summed E-state index contributed by atoms with van der Waals surface area (Å²) in [6, 6.07) is 4.63. The van der Waals surface area contributed by atoms with E-state index >= 15 is 0 Å². The monoisotopic (exact) mass is 342 g/mol. The van der Waals surface area contributed by atoms with E-state index in [1.165, 1.54) is 24.3 Å². The topological polar surface area (TPSA) is 68.2 Å². The lowest BCUT2D eigenvalue weighted by molar-refractivity contribution is -0.274. The van der Waals surface area contributed by atoms with Crippen molar-refractivity contribution in [2.24, 2.45) is 0 Å². The van der Waals surface area contributed by atoms with Gasteiger partial charge in [0.05, 0.1) is 12.4 Å². The second-order valence-corrected chi connectivity index (χ2v) is 5.04. The number of aromatic nitrogens is 2. The third kappa shape index (κ3) is 5.82. The Hall–Kier alpha value is -2.71. The Labute approximate surface area is 136 Å². The summed E-state index contributed by atoms with van der Waals surface area (Å²) in [5.74, 6) is -0.303. The highest BCUT2D eigenvalue weighted by Gasteiger charge is 2.31. The second kappa shape index (κ2) is 7.71. The van der Waals surface area contributed by atoms with Crippen LogP contribution in [0.25, 0.3) is 0 Å². The molecule has 1 atom stereocenters. The molecule has 0 fully saturated rings. The van der Waals surface area contributed by atoms with Gasteiger partial charge < -0.3 is 19.9 Å². The van der Waals surface area contributed by atoms with Gasteiger partial charge in [-0.15, -0.1) is 13.2 Å². The summed E-state index contributed by atoms with van der Waals surface area (Å²) in [6.07, 6.45) is 0.356. The van der Waals surface area contributed by atoms with Crippen molar-refractivity contribution < 1.29 is 22.7 Å². The quantitative estimate of drug-likeness (QED) is 0.848. The van der Waals surface area contributed by atoms with Crippen LogP contribution in [-0.4, -0.2) is 28.5 Å². The largest absolute Gasteiger partial charge is 0.573 e. The molecule has 1 aromatic carbocycles. The number of benzene rings is 1. The summed E-state index contributed by atoms with van der Waals surface area (Å²) in [7, 11) is 0. The number of ether oxygens (including phenoxy) is 1. The fraction of sp³-hybridized carbons (Fsp3) is 0.333. The highest BCUT2D eigenvalue weighted by molar-refractivity contribution is 5.74. The Bertz CT molecular complexity index is 642. The molecule has 0 bridgehead atoms. The first-order valence-corrected chi connectivity index (χ1v) is 7.19. The molecule has 0 aliphatic heterocycles. The van der Waals surface area contributed by atoms with Gasteiger partial charge in [-0.2, -0.15) is 0 Å². The third-order valence-electron chi connectivity index (χ3n) is 3.18. The predicted molar refractivity (Wildman–Crippen MR) is 80.3 cm³/mol. The van der Waals surface area contributed by atoms with Gasteiger partial charge in [0.1, 0.15) is 5.75 Å². The third-order valence-corrected chi connectivity index (χ3v) is 3.18. The maximum atomic E-state index is 12.1. The van der Waals surface area contributed by atoms with Crippen LogP contribution in [0.1, 0.15) is 18.5 Å². The van der Waals surface area contributed by atoms with E-state index in [2.05, 4.69) is 20.4 Å². The van der Waals surface area contributed by atoms with Crippen LogP contribution in [0, 0.1) is 0 Å². The van der Waals surface area contributed by atoms with Crippen LogP contribution in [-0.2, 0) is 6.54 Å². The van der Waals surface area contributed by atoms with E-state index in [0.29, 0.717) is 18.7 Å². The number of amides is 2. The van der Waals surface area contributed by atoms with Crippen LogP contribution in [0.3, 0.4) is 0 Å². The van der Waals surface area contributed by atoms with Crippen molar-refractivity contribution >= 4 is 6.03 Å². The van der Waals surface area contributed by atoms with Gasteiger partial charge in [0.2, 0.25) is 0 Å². The lowest BCUT2D eigenvalue weighted by atomic mass is 10.1. The SMILES string of the molecule is C[C@H](NC(=O)NCCn1ccnc1)c1ccc(OC(F)(F)F)cc1. The lowest BCUT2D eigenvalue weighted by Gasteiger charge is -2.16. The Morgan fingerprint density at radius 2 is 2.04 bits per heavy atom. The van der Waals surface area contributed by atoms with Crippen molar-refractivity contribution in [2.45, 2.75) is 25.9 Å². The number of carbonyl (C=O) groups is 1. The van der Waals surface area contributed by atoms with Crippen molar-refractivity contribution in [2.75, 3.05) is 6.54 Å². The van der Waals surface area contributed by atoms with Crippen LogP contribution in [0.2, 0.25) is 0 Å². The Morgan fingerprint density at radius 1 is 1.33 bits per heavy atom. The number of rotatable bonds is 6. The summed E-state index contributed by atoms with van der Waals surface area (Å²) < 4.78 is 41.9. The van der Waals surface area contributed by atoms with E-state index in [1.54, 1.807) is 25.6 Å². The summed E-state index contributed by atoms with van der Waals surface area (Å²) >= 11 is 0. The van der Waals surface area contributed by atoms with Gasteiger partial charge in [-0.3, -0.25) is 0 Å². The summed E-state index contributed by atoms with van der Waals surface area (Å²) in [5, 5.41) is 5.40. The number of urea groups is 1. The van der Waals surface area contributed by atoms with E-state index in [9.17, 15) is 18.0 Å². The molecule has 130 valence electrons. The van der Waals surface area contributed by atoms with Gasteiger partial charge in [0, 0.05) is 25.5 Å². The van der Waals surface area contributed by atoms with Crippen LogP contribution in [0.5, 0.6) is 5.75 Å². The number of carbonyl (C=O) groups excluding carboxylic acids is 1. The van der Waals surface area contributed by atoms with Gasteiger partial charge >= 0.3 is 12.4 Å². The van der Waals surface area contributed by atoms with Crippen molar-refractivity contribution in [3.63, 3.8) is 0 Å². The molecule has 2 rings (SSSR count). The van der Waals surface area contributed by atoms with E-state index in [0.717, 1.165) is 0 Å². The lowest BCUT2D eigenvalue weighted by Crippen LogP contribution is -2.38. The van der Waals surface area contributed by atoms with Gasteiger partial charge in [-0.05, 0) is 24.6 Å². The molecule has 1 aromatic heterocycles. The maximum absolute atomic E-state index is 12.1. The molecule has 0 spiro atoms. The van der Waals surface area contributed by atoms with Crippen molar-refractivity contribution in [1.82, 2.24) is 20.2 Å². The zero-order valence-electron chi connectivity index (χ0n) is 12.9. The van der Waals surface area contributed by atoms with Gasteiger partial charge in [0.15, 0.2) is 0 Å². The maximum Gasteiger partial charge on any atom is 0.573 e. The number of hydrogen-bond donors (Lipinski definition) is 2. The number of alkyl halides is 3. The summed E-state index contributed by atoms with van der Waals surface area (Å²) in [6.45, 7) is 2.74. The highest BCUT2D eigenvalue weighted by atomic mass is 19.4. The zero-order chi connectivity index (χ0) is 17.6. The van der Waals surface area contributed by atoms with Crippen LogP contribution >= 0.6 is 0 Å². The Morgan fingerprint density at radius 3 is 2.62 bits per heavy atom. The van der Waals surface area contributed by atoms with Crippen LogP contribution in [0.4, 0.5) is 18.0 Å². The van der Waals surface area contributed by atoms with Crippen LogP contribution in [0.15, 0.2) is 43.0 Å². The molecule has 0 saturated carbocycles. The standard InChI is InChI=1S/C15H17F3N4O2/c1-11(12-2-4-13(5-3-12)24-15(16,17)18)21-14(23)20-7-9-22-8-6-19-10-22/h2-6,8,10-11H,7,9H2,1H3,(H2,20,21,23)/t11-/m0/s1. The molecule has 24 heavy (non-hydrogen) atoms. The first-order chi connectivity index (χ1) is 11.3. The number of hydrogen-bond acceptors (Lipinski definition) is 3. The average molecular weight is 342 g/mol. The predicted octanol–water partition coefficient (Wildman–Crippen LogP) is 2.84. The molecule has 6 nitrogen and oxygen atoms in total. The smallest absolute Gasteiger partial charge is 0.406 e. The molecule has 0 aliphatic rings. The first kappa shape index (κ1) is 17.6. The van der Waals surface area contributed by atoms with Crippen molar-refractivity contribution in [3.05, 3.63) is 48.5 Å². The average Bonchev–Trinajstić information content (AvgIpc) is 2.99. The molecule has 0 aliphatic carbocycles. The minimum absolute atomic E-state index is 0.303. The Balaban J connectivity index is 1.78. The first-order valence-electron chi connectivity index (χ1n) is 7.19. The molecule has 1 heterocycles. The van der Waals surface area contributed by atoms with Gasteiger partial charge in [-0.1, -0.05) is 12.1 Å². The van der Waals surface area contributed by atoms with Gasteiger partial charge in [-0.25, -0.2) is 9.78 Å². The molecule has 9 heteroatoms. The molecule has 2 aromatic rings. The van der Waals surface area contributed by atoms with E-state index in [1.807, 2.05) is 4.57 Å². The molecule has 0 saturated heterocycles. The molecule has 0 radical (unpaired) electrons.